The quantitative estimate of drug-likeness (QED) is 0.791. The second-order valence-corrected chi connectivity index (χ2v) is 6.18. The van der Waals surface area contributed by atoms with Crippen molar-refractivity contribution in [3.05, 3.63) is 70.7 Å². The van der Waals surface area contributed by atoms with Crippen LogP contribution in [-0.2, 0) is 4.74 Å². The number of rotatable bonds is 7. The third kappa shape index (κ3) is 4.64. The maximum Gasteiger partial charge on any atom is 0.222 e. The van der Waals surface area contributed by atoms with Crippen molar-refractivity contribution < 1.29 is 14.8 Å². The minimum atomic E-state index is -0.346. The number of nitrogens with two attached hydrogens (primary N) is 1. The molecule has 122 valence electrons. The number of carbonyl (C=O) groups is 1. The minimum absolute atomic E-state index is 0.0155. The molecule has 0 saturated carbocycles. The molecule has 0 spiro atoms. The lowest BCUT2D eigenvalue weighted by atomic mass is 9.94. The van der Waals surface area contributed by atoms with E-state index in [1.165, 1.54) is 0 Å². The third-order valence-corrected chi connectivity index (χ3v) is 3.92. The van der Waals surface area contributed by atoms with E-state index in [4.69, 9.17) is 16.3 Å². The average molecular weight is 333 g/mol. The van der Waals surface area contributed by atoms with Crippen molar-refractivity contribution in [2.75, 3.05) is 7.05 Å². The highest BCUT2D eigenvalue weighted by atomic mass is 35.5. The van der Waals surface area contributed by atoms with Crippen LogP contribution in [0.4, 0.5) is 0 Å². The molecule has 0 heterocycles. The van der Waals surface area contributed by atoms with Crippen LogP contribution in [0.3, 0.4) is 0 Å². The largest absolute Gasteiger partial charge is 0.364 e. The van der Waals surface area contributed by atoms with Gasteiger partial charge in [0, 0.05) is 10.6 Å². The number of hydrogen-bond donors (Lipinski definition) is 1. The predicted octanol–water partition coefficient (Wildman–Crippen LogP) is 3.25. The van der Waals surface area contributed by atoms with Crippen molar-refractivity contribution in [1.29, 1.82) is 0 Å². The zero-order valence-corrected chi connectivity index (χ0v) is 14.5. The Kier molecular flexibility index (Phi) is 6.34. The van der Waals surface area contributed by atoms with Gasteiger partial charge in [-0.3, -0.25) is 4.79 Å². The SMILES string of the molecule is C[NH2+][C@@H](C(=O)c1ccccc1)[C@H](OC(C)C)c1ccc(Cl)cc1. The van der Waals surface area contributed by atoms with Crippen molar-refractivity contribution in [1.82, 2.24) is 0 Å². The van der Waals surface area contributed by atoms with E-state index in [9.17, 15) is 4.79 Å². The first-order chi connectivity index (χ1) is 11.0. The molecule has 2 aromatic carbocycles. The van der Waals surface area contributed by atoms with E-state index < -0.39 is 0 Å². The summed E-state index contributed by atoms with van der Waals surface area (Å²) in [5, 5.41) is 2.58. The molecule has 3 nitrogen and oxygen atoms in total. The molecule has 0 aliphatic heterocycles. The fourth-order valence-corrected chi connectivity index (χ4v) is 2.70. The molecule has 0 unspecified atom stereocenters. The molecule has 23 heavy (non-hydrogen) atoms. The first kappa shape index (κ1) is 17.7. The van der Waals surface area contributed by atoms with Gasteiger partial charge in [0.2, 0.25) is 5.78 Å². The molecular formula is C19H23ClNO2+. The van der Waals surface area contributed by atoms with Gasteiger partial charge < -0.3 is 10.1 Å². The molecule has 0 aromatic heterocycles. The number of quaternary nitrogens is 1. The van der Waals surface area contributed by atoms with Gasteiger partial charge in [-0.1, -0.05) is 54.1 Å². The Hall–Kier alpha value is -1.68. The van der Waals surface area contributed by atoms with Gasteiger partial charge in [-0.05, 0) is 31.5 Å². The summed E-state index contributed by atoms with van der Waals surface area (Å²) in [5.74, 6) is 0.0636. The third-order valence-electron chi connectivity index (χ3n) is 3.66. The molecule has 2 atom stereocenters. The van der Waals surface area contributed by atoms with Gasteiger partial charge in [0.05, 0.1) is 13.2 Å². The van der Waals surface area contributed by atoms with E-state index in [1.807, 2.05) is 80.8 Å². The second-order valence-electron chi connectivity index (χ2n) is 5.75. The van der Waals surface area contributed by atoms with Gasteiger partial charge in [0.15, 0.2) is 6.04 Å². The van der Waals surface area contributed by atoms with Crippen LogP contribution in [0.2, 0.25) is 5.02 Å². The molecule has 0 amide bonds. The van der Waals surface area contributed by atoms with E-state index in [0.29, 0.717) is 10.6 Å². The monoisotopic (exact) mass is 332 g/mol. The number of ether oxygens (including phenoxy) is 1. The molecule has 0 bridgehead atoms. The Morgan fingerprint density at radius 2 is 1.65 bits per heavy atom. The number of hydrogen-bond acceptors (Lipinski definition) is 2. The van der Waals surface area contributed by atoms with E-state index in [1.54, 1.807) is 0 Å². The van der Waals surface area contributed by atoms with Crippen molar-refractivity contribution >= 4 is 17.4 Å². The summed E-state index contributed by atoms with van der Waals surface area (Å²) in [6, 6.07) is 16.5. The van der Waals surface area contributed by atoms with Gasteiger partial charge in [-0.25, -0.2) is 0 Å². The summed E-state index contributed by atoms with van der Waals surface area (Å²) >= 11 is 5.98. The molecule has 0 aliphatic carbocycles. The van der Waals surface area contributed by atoms with E-state index in [-0.39, 0.29) is 24.0 Å². The molecule has 0 radical (unpaired) electrons. The molecule has 2 rings (SSSR count). The summed E-state index contributed by atoms with van der Waals surface area (Å²) in [5.41, 5.74) is 1.65. The lowest BCUT2D eigenvalue weighted by Crippen LogP contribution is -2.89. The summed E-state index contributed by atoms with van der Waals surface area (Å²) in [6.45, 7) is 3.95. The number of likely N-dealkylation sites (N-methyl/N-ethyl adjacent to an activating group) is 1. The van der Waals surface area contributed by atoms with Gasteiger partial charge in [-0.15, -0.1) is 0 Å². The maximum atomic E-state index is 12.9. The zero-order valence-electron chi connectivity index (χ0n) is 13.7. The summed E-state index contributed by atoms with van der Waals surface area (Å²) < 4.78 is 6.08. The van der Waals surface area contributed by atoms with Gasteiger partial charge in [0.25, 0.3) is 0 Å². The average Bonchev–Trinajstić information content (AvgIpc) is 2.55. The van der Waals surface area contributed by atoms with Crippen LogP contribution >= 0.6 is 11.6 Å². The number of ketones is 1. The van der Waals surface area contributed by atoms with E-state index >= 15 is 0 Å². The number of benzene rings is 2. The Labute approximate surface area is 142 Å². The molecule has 4 heteroatoms. The first-order valence-electron chi connectivity index (χ1n) is 7.82. The summed E-state index contributed by atoms with van der Waals surface area (Å²) in [7, 11) is 1.90. The fraction of sp³-hybridized carbons (Fsp3) is 0.316. The van der Waals surface area contributed by atoms with Crippen LogP contribution in [0.1, 0.15) is 35.9 Å². The number of halogens is 1. The number of carbonyl (C=O) groups excluding carboxylic acids is 1. The molecular weight excluding hydrogens is 310 g/mol. The van der Waals surface area contributed by atoms with Crippen molar-refractivity contribution in [2.45, 2.75) is 32.1 Å². The van der Waals surface area contributed by atoms with Crippen molar-refractivity contribution in [3.63, 3.8) is 0 Å². The van der Waals surface area contributed by atoms with Crippen LogP contribution in [0, 0.1) is 0 Å². The normalized spacial score (nSPS) is 13.8. The van der Waals surface area contributed by atoms with E-state index in [0.717, 1.165) is 5.56 Å². The van der Waals surface area contributed by atoms with Crippen LogP contribution in [0.25, 0.3) is 0 Å². The highest BCUT2D eigenvalue weighted by Crippen LogP contribution is 2.25. The molecule has 0 saturated heterocycles. The highest BCUT2D eigenvalue weighted by Gasteiger charge is 2.34. The van der Waals surface area contributed by atoms with Gasteiger partial charge in [0.1, 0.15) is 6.10 Å². The second kappa shape index (κ2) is 8.25. The Morgan fingerprint density at radius 1 is 1.04 bits per heavy atom. The topological polar surface area (TPSA) is 42.9 Å². The lowest BCUT2D eigenvalue weighted by molar-refractivity contribution is -0.658. The van der Waals surface area contributed by atoms with Crippen molar-refractivity contribution in [2.24, 2.45) is 0 Å². The zero-order chi connectivity index (χ0) is 16.8. The van der Waals surface area contributed by atoms with Gasteiger partial charge in [-0.2, -0.15) is 0 Å². The van der Waals surface area contributed by atoms with E-state index in [2.05, 4.69) is 0 Å². The highest BCUT2D eigenvalue weighted by molar-refractivity contribution is 6.30. The summed E-state index contributed by atoms with van der Waals surface area (Å²) in [4.78, 5) is 12.9. The molecule has 2 aromatic rings. The number of Topliss-reactive ketones (excluding diaryl/α,β-unsaturated/α-hetero) is 1. The van der Waals surface area contributed by atoms with Crippen LogP contribution in [0.5, 0.6) is 0 Å². The predicted molar refractivity (Wildman–Crippen MR) is 92.8 cm³/mol. The Balaban J connectivity index is 2.35. The molecule has 0 aliphatic rings. The van der Waals surface area contributed by atoms with Crippen LogP contribution < -0.4 is 5.32 Å². The Bertz CT molecular complexity index is 626. The van der Waals surface area contributed by atoms with Crippen molar-refractivity contribution in [3.8, 4) is 0 Å². The van der Waals surface area contributed by atoms with Gasteiger partial charge >= 0.3 is 0 Å². The lowest BCUT2D eigenvalue weighted by Gasteiger charge is -2.26. The Morgan fingerprint density at radius 3 is 2.17 bits per heavy atom. The summed E-state index contributed by atoms with van der Waals surface area (Å²) in [6.07, 6.45) is -0.313. The molecule has 2 N–H and O–H groups in total. The standard InChI is InChI=1S/C19H22ClNO2/c1-13(2)23-19(15-9-11-16(20)12-10-15)17(21-3)18(22)14-7-5-4-6-8-14/h4-13,17,19,21H,1-3H3/p+1/t17-,19+/m0/s1. The minimum Gasteiger partial charge on any atom is -0.364 e. The molecule has 0 fully saturated rings. The maximum absolute atomic E-state index is 12.9. The smallest absolute Gasteiger partial charge is 0.222 e. The van der Waals surface area contributed by atoms with Crippen LogP contribution in [0.15, 0.2) is 54.6 Å². The fourth-order valence-electron chi connectivity index (χ4n) is 2.57. The van der Waals surface area contributed by atoms with Crippen LogP contribution in [-0.4, -0.2) is 25.0 Å². The first-order valence-corrected chi connectivity index (χ1v) is 8.20.